The van der Waals surface area contributed by atoms with Crippen LogP contribution < -0.4 is 10.2 Å². The quantitative estimate of drug-likeness (QED) is 0.732. The van der Waals surface area contributed by atoms with E-state index in [0.29, 0.717) is 51.6 Å². The summed E-state index contributed by atoms with van der Waals surface area (Å²) in [7, 11) is 0. The molecular weight excluding hydrogens is 409 g/mol. The van der Waals surface area contributed by atoms with Gasteiger partial charge in [-0.1, -0.05) is 6.92 Å². The molecule has 2 fully saturated rings. The van der Waals surface area contributed by atoms with E-state index in [1.807, 2.05) is 23.6 Å². The van der Waals surface area contributed by atoms with Gasteiger partial charge in [0.1, 0.15) is 0 Å². The van der Waals surface area contributed by atoms with Gasteiger partial charge < -0.3 is 19.9 Å². The highest BCUT2D eigenvalue weighted by Crippen LogP contribution is 2.45. The highest BCUT2D eigenvalue weighted by Gasteiger charge is 2.51. The fourth-order valence-corrected chi connectivity index (χ4v) is 4.62. The maximum Gasteiger partial charge on any atom is 0.417 e. The van der Waals surface area contributed by atoms with Crippen molar-refractivity contribution in [2.24, 2.45) is 11.3 Å². The molecule has 0 aliphatic carbocycles. The number of piperidine rings is 1. The average Bonchev–Trinajstić information content (AvgIpc) is 3.14. The molecule has 0 spiro atoms. The van der Waals surface area contributed by atoms with Crippen LogP contribution in [-0.2, 0) is 10.9 Å². The molecule has 1 aromatic carbocycles. The first-order valence-electron chi connectivity index (χ1n) is 10.7. The van der Waals surface area contributed by atoms with Crippen molar-refractivity contribution in [3.05, 3.63) is 29.3 Å². The summed E-state index contributed by atoms with van der Waals surface area (Å²) >= 11 is 0. The lowest BCUT2D eigenvalue weighted by molar-refractivity contribution is -0.137. The molecule has 0 unspecified atom stereocenters. The number of anilines is 1. The van der Waals surface area contributed by atoms with E-state index >= 15 is 0 Å². The average molecular weight is 438 g/mol. The van der Waals surface area contributed by atoms with Gasteiger partial charge in [0.15, 0.2) is 0 Å². The van der Waals surface area contributed by atoms with Gasteiger partial charge in [0, 0.05) is 56.4 Å². The molecule has 6 nitrogen and oxygen atoms in total. The van der Waals surface area contributed by atoms with Gasteiger partial charge in [0.25, 0.3) is 0 Å². The molecule has 2 amide bonds. The van der Waals surface area contributed by atoms with Gasteiger partial charge in [-0.3, -0.25) is 0 Å². The van der Waals surface area contributed by atoms with Crippen LogP contribution in [0.5, 0.6) is 0 Å². The molecule has 0 aromatic heterocycles. The molecule has 3 rings (SSSR count). The summed E-state index contributed by atoms with van der Waals surface area (Å²) in [5.74, 6) is 0.0881. The minimum atomic E-state index is -4.59. The normalized spacial score (nSPS) is 23.4. The topological polar surface area (TPSA) is 68.6 Å². The number of halogens is 3. The van der Waals surface area contributed by atoms with Crippen LogP contribution in [0.2, 0.25) is 0 Å². The Bertz CT molecular complexity index is 839. The molecule has 2 aliphatic heterocycles. The standard InChI is InChI=1S/C22H29F3N4O2/c1-3-8-27-20(30)29-13-17-12-28(9-7-21(17,14-29)15-31-4-2)18-6-5-16(11-26)19(10-18)22(23,24)25/h5-6,10,17H,3-4,7-9,12-15H2,1-2H3,(H,27,30)/t17-,21+/m1/s1. The van der Waals surface area contributed by atoms with Gasteiger partial charge in [-0.25, -0.2) is 4.79 Å². The third kappa shape index (κ3) is 4.90. The first-order valence-corrected chi connectivity index (χ1v) is 10.7. The summed E-state index contributed by atoms with van der Waals surface area (Å²) in [5.41, 5.74) is -1.04. The molecular formula is C22H29F3N4O2. The van der Waals surface area contributed by atoms with Gasteiger partial charge in [0.05, 0.1) is 23.8 Å². The van der Waals surface area contributed by atoms with Crippen molar-refractivity contribution in [2.45, 2.75) is 32.9 Å². The summed E-state index contributed by atoms with van der Waals surface area (Å²) in [4.78, 5) is 16.3. The lowest BCUT2D eigenvalue weighted by atomic mass is 9.73. The Morgan fingerprint density at radius 3 is 2.77 bits per heavy atom. The van der Waals surface area contributed by atoms with Crippen molar-refractivity contribution in [2.75, 3.05) is 50.8 Å². The number of nitrogens with one attached hydrogen (secondary N) is 1. The van der Waals surface area contributed by atoms with Crippen LogP contribution in [0.3, 0.4) is 0 Å². The zero-order chi connectivity index (χ0) is 22.6. The van der Waals surface area contributed by atoms with Crippen LogP contribution in [0.25, 0.3) is 0 Å². The lowest BCUT2D eigenvalue weighted by Crippen LogP contribution is -2.49. The van der Waals surface area contributed by atoms with E-state index in [9.17, 15) is 18.0 Å². The first kappa shape index (κ1) is 23.2. The van der Waals surface area contributed by atoms with E-state index in [4.69, 9.17) is 10.00 Å². The molecule has 0 bridgehead atoms. The van der Waals surface area contributed by atoms with E-state index in [-0.39, 0.29) is 22.9 Å². The second kappa shape index (κ2) is 9.35. The Morgan fingerprint density at radius 1 is 1.35 bits per heavy atom. The predicted molar refractivity (Wildman–Crippen MR) is 111 cm³/mol. The number of hydrogen-bond donors (Lipinski definition) is 1. The Labute approximate surface area is 180 Å². The summed E-state index contributed by atoms with van der Waals surface area (Å²) < 4.78 is 46.0. The van der Waals surface area contributed by atoms with Crippen molar-refractivity contribution >= 4 is 11.7 Å². The Kier molecular flexibility index (Phi) is 6.99. The highest BCUT2D eigenvalue weighted by atomic mass is 19.4. The van der Waals surface area contributed by atoms with Gasteiger partial charge in [-0.15, -0.1) is 0 Å². The largest absolute Gasteiger partial charge is 0.417 e. The molecule has 2 heterocycles. The summed E-state index contributed by atoms with van der Waals surface area (Å²) in [6, 6.07) is 5.40. The van der Waals surface area contributed by atoms with Gasteiger partial charge in [-0.05, 0) is 38.0 Å². The number of benzene rings is 1. The molecule has 170 valence electrons. The van der Waals surface area contributed by atoms with Crippen molar-refractivity contribution < 1.29 is 22.7 Å². The monoisotopic (exact) mass is 438 g/mol. The van der Waals surface area contributed by atoms with Gasteiger partial charge >= 0.3 is 12.2 Å². The molecule has 9 heteroatoms. The molecule has 1 N–H and O–H groups in total. The Balaban J connectivity index is 1.82. The van der Waals surface area contributed by atoms with Crippen molar-refractivity contribution in [3.63, 3.8) is 0 Å². The predicted octanol–water partition coefficient (Wildman–Crippen LogP) is 3.86. The number of carbonyl (C=O) groups excluding carboxylic acids is 1. The third-order valence-electron chi connectivity index (χ3n) is 6.33. The van der Waals surface area contributed by atoms with Crippen molar-refractivity contribution in [1.82, 2.24) is 10.2 Å². The highest BCUT2D eigenvalue weighted by molar-refractivity contribution is 5.74. The smallest absolute Gasteiger partial charge is 0.381 e. The molecule has 1 aromatic rings. The number of hydrogen-bond acceptors (Lipinski definition) is 4. The molecule has 0 radical (unpaired) electrons. The maximum absolute atomic E-state index is 13.4. The summed E-state index contributed by atoms with van der Waals surface area (Å²) in [6.45, 7) is 7.86. The van der Waals surface area contributed by atoms with E-state index in [1.54, 1.807) is 12.1 Å². The number of fused-ring (bicyclic) bond motifs is 1. The lowest BCUT2D eigenvalue weighted by Gasteiger charge is -2.44. The molecule has 2 saturated heterocycles. The van der Waals surface area contributed by atoms with Crippen LogP contribution in [0.4, 0.5) is 23.7 Å². The second-order valence-electron chi connectivity index (χ2n) is 8.34. The molecule has 2 aliphatic rings. The second-order valence-corrected chi connectivity index (χ2v) is 8.34. The number of amides is 2. The SMILES string of the molecule is CCCNC(=O)N1C[C@H]2CN(c3ccc(C#N)c(C(F)(F)F)c3)CC[C@@]2(COCC)C1. The third-order valence-corrected chi connectivity index (χ3v) is 6.33. The number of likely N-dealkylation sites (tertiary alicyclic amines) is 1. The number of rotatable bonds is 6. The molecule has 2 atom stereocenters. The summed E-state index contributed by atoms with van der Waals surface area (Å²) in [5, 5.41) is 12.0. The zero-order valence-electron chi connectivity index (χ0n) is 18.0. The zero-order valence-corrected chi connectivity index (χ0v) is 18.0. The van der Waals surface area contributed by atoms with Crippen molar-refractivity contribution in [3.8, 4) is 6.07 Å². The van der Waals surface area contributed by atoms with Crippen LogP contribution >= 0.6 is 0 Å². The number of nitrogens with zero attached hydrogens (tertiary/aromatic N) is 3. The first-order chi connectivity index (χ1) is 14.7. The maximum atomic E-state index is 13.4. The molecule has 0 saturated carbocycles. The van der Waals surface area contributed by atoms with E-state index in [2.05, 4.69) is 5.32 Å². The number of alkyl halides is 3. The minimum Gasteiger partial charge on any atom is -0.381 e. The Hall–Kier alpha value is -2.47. The fourth-order valence-electron chi connectivity index (χ4n) is 4.62. The number of nitriles is 1. The minimum absolute atomic E-state index is 0.0881. The molecule has 31 heavy (non-hydrogen) atoms. The van der Waals surface area contributed by atoms with E-state index in [0.717, 1.165) is 18.9 Å². The van der Waals surface area contributed by atoms with Gasteiger partial charge in [-0.2, -0.15) is 18.4 Å². The van der Waals surface area contributed by atoms with Gasteiger partial charge in [0.2, 0.25) is 0 Å². The van der Waals surface area contributed by atoms with Crippen molar-refractivity contribution in [1.29, 1.82) is 5.26 Å². The Morgan fingerprint density at radius 2 is 2.13 bits per heavy atom. The van der Waals surface area contributed by atoms with Crippen LogP contribution in [0, 0.1) is 22.7 Å². The number of urea groups is 1. The van der Waals surface area contributed by atoms with Crippen LogP contribution in [0.1, 0.15) is 37.8 Å². The number of carbonyl (C=O) groups is 1. The van der Waals surface area contributed by atoms with E-state index < -0.39 is 11.7 Å². The van der Waals surface area contributed by atoms with Crippen LogP contribution in [-0.4, -0.2) is 56.9 Å². The van der Waals surface area contributed by atoms with E-state index in [1.165, 1.54) is 6.07 Å². The summed E-state index contributed by atoms with van der Waals surface area (Å²) in [6.07, 6.45) is -3.02. The fraction of sp³-hybridized carbons (Fsp3) is 0.636. The number of ether oxygens (including phenoxy) is 1. The van der Waals surface area contributed by atoms with Crippen LogP contribution in [0.15, 0.2) is 18.2 Å².